The fourth-order valence-corrected chi connectivity index (χ4v) is 3.30. The van der Waals surface area contributed by atoms with Crippen molar-refractivity contribution in [2.45, 2.75) is 53.4 Å². The molecule has 4 atom stereocenters. The minimum Gasteiger partial charge on any atom is -0.0651 e. The van der Waals surface area contributed by atoms with Gasteiger partial charge in [0.15, 0.2) is 0 Å². The first-order valence-corrected chi connectivity index (χ1v) is 6.04. The second-order valence-electron chi connectivity index (χ2n) is 6.18. The van der Waals surface area contributed by atoms with Crippen LogP contribution >= 0.6 is 0 Å². The molecule has 13 heavy (non-hydrogen) atoms. The van der Waals surface area contributed by atoms with Crippen LogP contribution in [0.2, 0.25) is 0 Å². The summed E-state index contributed by atoms with van der Waals surface area (Å²) in [6, 6.07) is 0. The Hall–Kier alpha value is 0. The average Bonchev–Trinajstić information content (AvgIpc) is 2.87. The molecule has 0 heteroatoms. The van der Waals surface area contributed by atoms with Gasteiger partial charge in [-0.05, 0) is 48.3 Å². The van der Waals surface area contributed by atoms with Crippen molar-refractivity contribution in [2.75, 3.05) is 0 Å². The van der Waals surface area contributed by atoms with E-state index < -0.39 is 0 Å². The van der Waals surface area contributed by atoms with E-state index in [9.17, 15) is 0 Å². The number of hydrogen-bond donors (Lipinski definition) is 0. The zero-order valence-corrected chi connectivity index (χ0v) is 9.64. The summed E-state index contributed by atoms with van der Waals surface area (Å²) >= 11 is 0. The molecular formula is C13H24. The van der Waals surface area contributed by atoms with Crippen LogP contribution in [0.25, 0.3) is 0 Å². The summed E-state index contributed by atoms with van der Waals surface area (Å²) < 4.78 is 0. The molecule has 2 saturated carbocycles. The van der Waals surface area contributed by atoms with Gasteiger partial charge in [-0.25, -0.2) is 0 Å². The lowest BCUT2D eigenvalue weighted by Gasteiger charge is -2.25. The Bertz CT molecular complexity index is 192. The highest BCUT2D eigenvalue weighted by molar-refractivity contribution is 4.98. The predicted molar refractivity (Wildman–Crippen MR) is 57.6 cm³/mol. The summed E-state index contributed by atoms with van der Waals surface area (Å²) in [6.45, 7) is 9.74. The molecule has 2 aliphatic carbocycles. The molecule has 0 aliphatic heterocycles. The predicted octanol–water partition coefficient (Wildman–Crippen LogP) is 4.10. The third kappa shape index (κ3) is 1.92. The molecule has 2 fully saturated rings. The fraction of sp³-hybridized carbons (Fsp3) is 1.00. The van der Waals surface area contributed by atoms with Crippen LogP contribution in [0.3, 0.4) is 0 Å². The van der Waals surface area contributed by atoms with Gasteiger partial charge in [-0.2, -0.15) is 0 Å². The van der Waals surface area contributed by atoms with E-state index in [1.807, 2.05) is 0 Å². The molecule has 4 unspecified atom stereocenters. The first-order chi connectivity index (χ1) is 6.04. The lowest BCUT2D eigenvalue weighted by atomic mass is 9.80. The molecule has 76 valence electrons. The van der Waals surface area contributed by atoms with E-state index in [4.69, 9.17) is 0 Å². The average molecular weight is 180 g/mol. The van der Waals surface area contributed by atoms with Gasteiger partial charge in [-0.1, -0.05) is 34.1 Å². The maximum atomic E-state index is 2.49. The minimum atomic E-state index is 0.647. The normalized spacial score (nSPS) is 43.4. The van der Waals surface area contributed by atoms with Crippen LogP contribution in [0.15, 0.2) is 0 Å². The van der Waals surface area contributed by atoms with Gasteiger partial charge >= 0.3 is 0 Å². The van der Waals surface area contributed by atoms with E-state index in [0.717, 1.165) is 23.7 Å². The summed E-state index contributed by atoms with van der Waals surface area (Å²) in [5.41, 5.74) is 0.647. The van der Waals surface area contributed by atoms with Gasteiger partial charge in [0.1, 0.15) is 0 Å². The van der Waals surface area contributed by atoms with Gasteiger partial charge in [0.25, 0.3) is 0 Å². The van der Waals surface area contributed by atoms with E-state index in [-0.39, 0.29) is 0 Å². The fourth-order valence-electron chi connectivity index (χ4n) is 3.30. The SMILES string of the molecule is CCC1CC1CC(C)(C)C1CC1C. The largest absolute Gasteiger partial charge is 0.0651 e. The van der Waals surface area contributed by atoms with Crippen molar-refractivity contribution in [1.29, 1.82) is 0 Å². The summed E-state index contributed by atoms with van der Waals surface area (Å²) in [7, 11) is 0. The lowest BCUT2D eigenvalue weighted by Crippen LogP contribution is -2.16. The zero-order valence-electron chi connectivity index (χ0n) is 9.64. The standard InChI is InChI=1S/C13H24/c1-5-10-7-11(10)8-13(3,4)12-6-9(12)2/h9-12H,5-8H2,1-4H3. The van der Waals surface area contributed by atoms with E-state index in [1.54, 1.807) is 0 Å². The van der Waals surface area contributed by atoms with Crippen molar-refractivity contribution in [3.63, 3.8) is 0 Å². The van der Waals surface area contributed by atoms with Crippen LogP contribution in [-0.4, -0.2) is 0 Å². The monoisotopic (exact) mass is 180 g/mol. The molecule has 0 bridgehead atoms. The van der Waals surface area contributed by atoms with E-state index in [0.29, 0.717) is 5.41 Å². The Morgan fingerprint density at radius 1 is 1.15 bits per heavy atom. The summed E-state index contributed by atoms with van der Waals surface area (Å²) in [5, 5.41) is 0. The van der Waals surface area contributed by atoms with Gasteiger partial charge in [-0.3, -0.25) is 0 Å². The molecule has 0 aromatic rings. The summed E-state index contributed by atoms with van der Waals surface area (Å²) in [5.74, 6) is 4.25. The smallest absolute Gasteiger partial charge is 0.0321 e. The Morgan fingerprint density at radius 3 is 2.15 bits per heavy atom. The van der Waals surface area contributed by atoms with E-state index in [1.165, 1.54) is 25.7 Å². The van der Waals surface area contributed by atoms with Gasteiger partial charge < -0.3 is 0 Å². The van der Waals surface area contributed by atoms with Gasteiger partial charge in [-0.15, -0.1) is 0 Å². The van der Waals surface area contributed by atoms with E-state index >= 15 is 0 Å². The first kappa shape index (κ1) is 9.55. The minimum absolute atomic E-state index is 0.647. The second kappa shape index (κ2) is 3.00. The molecule has 0 aromatic heterocycles. The number of rotatable bonds is 4. The highest BCUT2D eigenvalue weighted by Crippen LogP contribution is 2.57. The van der Waals surface area contributed by atoms with Gasteiger partial charge in [0.05, 0.1) is 0 Å². The topological polar surface area (TPSA) is 0 Å². The van der Waals surface area contributed by atoms with Crippen molar-refractivity contribution in [1.82, 2.24) is 0 Å². The molecule has 0 saturated heterocycles. The van der Waals surface area contributed by atoms with E-state index in [2.05, 4.69) is 27.7 Å². The second-order valence-corrected chi connectivity index (χ2v) is 6.18. The molecule has 0 spiro atoms. The molecular weight excluding hydrogens is 156 g/mol. The Labute approximate surface area is 83.1 Å². The third-order valence-electron chi connectivity index (χ3n) is 4.49. The van der Waals surface area contributed by atoms with Gasteiger partial charge in [0, 0.05) is 0 Å². The van der Waals surface area contributed by atoms with Crippen LogP contribution in [-0.2, 0) is 0 Å². The highest BCUT2D eigenvalue weighted by atomic mass is 14.5. The van der Waals surface area contributed by atoms with Crippen LogP contribution < -0.4 is 0 Å². The molecule has 0 amide bonds. The van der Waals surface area contributed by atoms with Crippen molar-refractivity contribution < 1.29 is 0 Å². The van der Waals surface area contributed by atoms with Crippen molar-refractivity contribution in [2.24, 2.45) is 29.1 Å². The highest BCUT2D eigenvalue weighted by Gasteiger charge is 2.48. The quantitative estimate of drug-likeness (QED) is 0.611. The van der Waals surface area contributed by atoms with Crippen molar-refractivity contribution >= 4 is 0 Å². The van der Waals surface area contributed by atoms with Crippen molar-refractivity contribution in [3.05, 3.63) is 0 Å². The lowest BCUT2D eigenvalue weighted by molar-refractivity contribution is 0.249. The summed E-state index contributed by atoms with van der Waals surface area (Å²) in [4.78, 5) is 0. The third-order valence-corrected chi connectivity index (χ3v) is 4.49. The molecule has 0 nitrogen and oxygen atoms in total. The Balaban J connectivity index is 1.80. The van der Waals surface area contributed by atoms with Gasteiger partial charge in [0.2, 0.25) is 0 Å². The molecule has 0 aromatic carbocycles. The van der Waals surface area contributed by atoms with Crippen LogP contribution in [0.5, 0.6) is 0 Å². The molecule has 0 N–H and O–H groups in total. The first-order valence-electron chi connectivity index (χ1n) is 6.04. The Morgan fingerprint density at radius 2 is 1.77 bits per heavy atom. The number of hydrogen-bond acceptors (Lipinski definition) is 0. The zero-order chi connectivity index (χ0) is 9.64. The molecule has 0 heterocycles. The van der Waals surface area contributed by atoms with Crippen LogP contribution in [0, 0.1) is 29.1 Å². The van der Waals surface area contributed by atoms with Crippen LogP contribution in [0.1, 0.15) is 53.4 Å². The molecule has 0 radical (unpaired) electrons. The van der Waals surface area contributed by atoms with Crippen LogP contribution in [0.4, 0.5) is 0 Å². The Kier molecular flexibility index (Phi) is 2.20. The molecule has 2 rings (SSSR count). The molecule has 2 aliphatic rings. The summed E-state index contributed by atoms with van der Waals surface area (Å²) in [6.07, 6.45) is 5.94. The maximum absolute atomic E-state index is 2.49. The van der Waals surface area contributed by atoms with Crippen molar-refractivity contribution in [3.8, 4) is 0 Å². The maximum Gasteiger partial charge on any atom is -0.0321 e.